The zero-order valence-electron chi connectivity index (χ0n) is 4.99. The maximum Gasteiger partial charge on any atom is 0.177 e. The van der Waals surface area contributed by atoms with Crippen LogP contribution in [0.2, 0.25) is 0 Å². The molecule has 0 aromatic carbocycles. The third-order valence-electron chi connectivity index (χ3n) is 1.60. The summed E-state index contributed by atoms with van der Waals surface area (Å²) >= 11 is 0. The third-order valence-corrected chi connectivity index (χ3v) is 1.60. The van der Waals surface area contributed by atoms with E-state index in [4.69, 9.17) is 15.2 Å². The summed E-state index contributed by atoms with van der Waals surface area (Å²) in [6.07, 6.45) is 3.87. The van der Waals surface area contributed by atoms with Crippen LogP contribution in [0.15, 0.2) is 12.2 Å². The Morgan fingerprint density at radius 2 is 2.33 bits per heavy atom. The Bertz CT molecular complexity index is 146. The molecule has 0 aromatic heterocycles. The van der Waals surface area contributed by atoms with E-state index in [2.05, 4.69) is 0 Å². The Morgan fingerprint density at radius 1 is 1.44 bits per heavy atom. The zero-order valence-corrected chi connectivity index (χ0v) is 4.99. The molecule has 3 atom stereocenters. The highest BCUT2D eigenvalue weighted by Crippen LogP contribution is 2.19. The molecule has 2 aliphatic heterocycles. The molecule has 0 unspecified atom stereocenters. The molecular weight excluding hydrogens is 118 g/mol. The first-order valence-corrected chi connectivity index (χ1v) is 3.07. The molecule has 2 rings (SSSR count). The first-order chi connectivity index (χ1) is 4.36. The van der Waals surface area contributed by atoms with Crippen molar-refractivity contribution in [1.29, 1.82) is 0 Å². The van der Waals surface area contributed by atoms with Crippen molar-refractivity contribution in [3.8, 4) is 0 Å². The van der Waals surface area contributed by atoms with Crippen molar-refractivity contribution in [1.82, 2.24) is 0 Å². The van der Waals surface area contributed by atoms with E-state index in [0.29, 0.717) is 6.61 Å². The van der Waals surface area contributed by atoms with Crippen LogP contribution >= 0.6 is 0 Å². The van der Waals surface area contributed by atoms with Gasteiger partial charge >= 0.3 is 0 Å². The van der Waals surface area contributed by atoms with Crippen molar-refractivity contribution in [3.05, 3.63) is 12.2 Å². The molecule has 50 valence electrons. The van der Waals surface area contributed by atoms with Crippen LogP contribution in [0.25, 0.3) is 0 Å². The minimum absolute atomic E-state index is 0.0660. The van der Waals surface area contributed by atoms with Gasteiger partial charge < -0.3 is 15.2 Å². The minimum Gasteiger partial charge on any atom is -0.348 e. The second-order valence-corrected chi connectivity index (χ2v) is 2.34. The highest BCUT2D eigenvalue weighted by molar-refractivity contribution is 5.04. The van der Waals surface area contributed by atoms with Gasteiger partial charge in [-0.3, -0.25) is 0 Å². The molecule has 0 aromatic rings. The molecule has 9 heavy (non-hydrogen) atoms. The number of nitrogens with two attached hydrogens (primary N) is 1. The fraction of sp³-hybridized carbons (Fsp3) is 0.667. The van der Waals surface area contributed by atoms with E-state index in [1.807, 2.05) is 12.2 Å². The van der Waals surface area contributed by atoms with Crippen molar-refractivity contribution in [2.45, 2.75) is 18.4 Å². The minimum atomic E-state index is -0.181. The smallest absolute Gasteiger partial charge is 0.177 e. The molecule has 1 fully saturated rings. The van der Waals surface area contributed by atoms with Gasteiger partial charge in [-0.25, -0.2) is 0 Å². The molecule has 2 aliphatic rings. The third kappa shape index (κ3) is 0.775. The molecule has 3 nitrogen and oxygen atoms in total. The van der Waals surface area contributed by atoms with Crippen LogP contribution in [0.4, 0.5) is 0 Å². The summed E-state index contributed by atoms with van der Waals surface area (Å²) in [4.78, 5) is 0. The van der Waals surface area contributed by atoms with Crippen LogP contribution in [0.1, 0.15) is 0 Å². The summed E-state index contributed by atoms with van der Waals surface area (Å²) in [6, 6.07) is -0.0660. The van der Waals surface area contributed by atoms with E-state index in [1.165, 1.54) is 0 Å². The normalized spacial score (nSPS) is 47.9. The maximum absolute atomic E-state index is 5.58. The summed E-state index contributed by atoms with van der Waals surface area (Å²) in [5.74, 6) is 0. The van der Waals surface area contributed by atoms with E-state index in [0.717, 1.165) is 0 Å². The largest absolute Gasteiger partial charge is 0.348 e. The number of fused-ring (bicyclic) bond motifs is 2. The predicted octanol–water partition coefficient (Wildman–Crippen LogP) is -0.375. The Balaban J connectivity index is 2.19. The van der Waals surface area contributed by atoms with Crippen molar-refractivity contribution in [2.24, 2.45) is 5.73 Å². The van der Waals surface area contributed by atoms with Gasteiger partial charge in [0.25, 0.3) is 0 Å². The van der Waals surface area contributed by atoms with Crippen molar-refractivity contribution in [3.63, 3.8) is 0 Å². The highest BCUT2D eigenvalue weighted by Gasteiger charge is 2.31. The van der Waals surface area contributed by atoms with Gasteiger partial charge in [0, 0.05) is 0 Å². The molecule has 0 amide bonds. The lowest BCUT2D eigenvalue weighted by molar-refractivity contribution is -0.0627. The number of rotatable bonds is 0. The second-order valence-electron chi connectivity index (χ2n) is 2.34. The van der Waals surface area contributed by atoms with Crippen LogP contribution < -0.4 is 5.73 Å². The van der Waals surface area contributed by atoms with Crippen molar-refractivity contribution >= 4 is 0 Å². The first kappa shape index (κ1) is 5.41. The van der Waals surface area contributed by atoms with Crippen LogP contribution in [-0.2, 0) is 9.47 Å². The average Bonchev–Trinajstić information content (AvgIpc) is 2.25. The van der Waals surface area contributed by atoms with Gasteiger partial charge in [0.05, 0.1) is 12.6 Å². The molecule has 1 saturated heterocycles. The van der Waals surface area contributed by atoms with Gasteiger partial charge in [0.2, 0.25) is 0 Å². The topological polar surface area (TPSA) is 44.5 Å². The van der Waals surface area contributed by atoms with E-state index in [1.54, 1.807) is 0 Å². The van der Waals surface area contributed by atoms with E-state index in [-0.39, 0.29) is 18.4 Å². The molecule has 0 spiro atoms. The predicted molar refractivity (Wildman–Crippen MR) is 31.7 cm³/mol. The van der Waals surface area contributed by atoms with E-state index < -0.39 is 0 Å². The van der Waals surface area contributed by atoms with Crippen LogP contribution in [0.5, 0.6) is 0 Å². The lowest BCUT2D eigenvalue weighted by atomic mass is 10.2. The van der Waals surface area contributed by atoms with Gasteiger partial charge in [0.15, 0.2) is 6.29 Å². The number of ether oxygens (including phenoxy) is 2. The molecule has 0 saturated carbocycles. The molecule has 2 heterocycles. The monoisotopic (exact) mass is 127 g/mol. The molecular formula is C6H9NO2. The Kier molecular flexibility index (Phi) is 1.08. The quantitative estimate of drug-likeness (QED) is 0.451. The maximum atomic E-state index is 5.58. The van der Waals surface area contributed by atoms with Crippen LogP contribution in [0, 0.1) is 0 Å². The zero-order chi connectivity index (χ0) is 6.27. The van der Waals surface area contributed by atoms with Crippen molar-refractivity contribution < 1.29 is 9.47 Å². The Hall–Kier alpha value is -0.380. The number of hydrogen-bond donors (Lipinski definition) is 1. The lowest BCUT2D eigenvalue weighted by Crippen LogP contribution is -2.36. The summed E-state index contributed by atoms with van der Waals surface area (Å²) in [6.45, 7) is 0.662. The fourth-order valence-corrected chi connectivity index (χ4v) is 1.09. The van der Waals surface area contributed by atoms with Crippen LogP contribution in [-0.4, -0.2) is 25.0 Å². The van der Waals surface area contributed by atoms with Gasteiger partial charge in [-0.05, 0) is 0 Å². The first-order valence-electron chi connectivity index (χ1n) is 3.07. The van der Waals surface area contributed by atoms with Crippen LogP contribution in [0.3, 0.4) is 0 Å². The second kappa shape index (κ2) is 1.80. The average molecular weight is 127 g/mol. The SMILES string of the molecule is N[C@@H]1C=C[C@H]2CO[C@@H]1O2. The molecule has 0 radical (unpaired) electrons. The van der Waals surface area contributed by atoms with E-state index in [9.17, 15) is 0 Å². The Labute approximate surface area is 53.4 Å². The summed E-state index contributed by atoms with van der Waals surface area (Å²) in [5, 5.41) is 0. The molecule has 3 heteroatoms. The highest BCUT2D eigenvalue weighted by atomic mass is 16.7. The van der Waals surface area contributed by atoms with Gasteiger partial charge in [0.1, 0.15) is 6.10 Å². The summed E-state index contributed by atoms with van der Waals surface area (Å²) < 4.78 is 10.5. The van der Waals surface area contributed by atoms with E-state index >= 15 is 0 Å². The molecule has 2 bridgehead atoms. The summed E-state index contributed by atoms with van der Waals surface area (Å²) in [7, 11) is 0. The van der Waals surface area contributed by atoms with Crippen molar-refractivity contribution in [2.75, 3.05) is 6.61 Å². The van der Waals surface area contributed by atoms with Gasteiger partial charge in [-0.1, -0.05) is 12.2 Å². The van der Waals surface area contributed by atoms with Gasteiger partial charge in [-0.2, -0.15) is 0 Å². The molecule has 0 aliphatic carbocycles. The standard InChI is InChI=1S/C6H9NO2/c7-5-2-1-4-3-8-6(5)9-4/h1-2,4-6H,3,7H2/t4-,5+,6+/m0/s1. The summed E-state index contributed by atoms with van der Waals surface area (Å²) in [5.41, 5.74) is 5.58. The van der Waals surface area contributed by atoms with Gasteiger partial charge in [-0.15, -0.1) is 0 Å². The fourth-order valence-electron chi connectivity index (χ4n) is 1.09. The lowest BCUT2D eigenvalue weighted by Gasteiger charge is -2.18. The number of hydrogen-bond acceptors (Lipinski definition) is 3. The molecule has 2 N–H and O–H groups in total. The Morgan fingerprint density at radius 3 is 3.11 bits per heavy atom.